The highest BCUT2D eigenvalue weighted by atomic mass is 16.6. The van der Waals surface area contributed by atoms with Crippen molar-refractivity contribution in [3.63, 3.8) is 0 Å². The molecule has 41 heavy (non-hydrogen) atoms. The van der Waals surface area contributed by atoms with Crippen molar-refractivity contribution in [2.45, 2.75) is 64.3 Å². The third-order valence-electron chi connectivity index (χ3n) is 5.34. The van der Waals surface area contributed by atoms with Gasteiger partial charge >= 0.3 is 24.0 Å². The molecule has 0 bridgehead atoms. The van der Waals surface area contributed by atoms with Gasteiger partial charge in [0.15, 0.2) is 0 Å². The zero-order chi connectivity index (χ0) is 31.2. The highest BCUT2D eigenvalue weighted by molar-refractivity contribution is 5.84. The molecule has 3 rings (SSSR count). The summed E-state index contributed by atoms with van der Waals surface area (Å²) in [6.45, 7) is 6.49. The van der Waals surface area contributed by atoms with Gasteiger partial charge < -0.3 is 41.5 Å². The van der Waals surface area contributed by atoms with E-state index in [2.05, 4.69) is 15.0 Å². The van der Waals surface area contributed by atoms with Gasteiger partial charge in [0.1, 0.15) is 23.7 Å². The van der Waals surface area contributed by atoms with Crippen LogP contribution in [-0.4, -0.2) is 70.0 Å². The van der Waals surface area contributed by atoms with E-state index in [-0.39, 0.29) is 5.97 Å². The number of aromatic amines is 1. The first-order valence-electron chi connectivity index (χ1n) is 12.8. The number of rotatable bonds is 8. The summed E-state index contributed by atoms with van der Waals surface area (Å²) in [6.07, 6.45) is 1.96. The van der Waals surface area contributed by atoms with Crippen LogP contribution in [0, 0.1) is 0 Å². The second kappa shape index (κ2) is 16.6. The van der Waals surface area contributed by atoms with Gasteiger partial charge in [-0.05, 0) is 51.3 Å². The van der Waals surface area contributed by atoms with Gasteiger partial charge in [-0.1, -0.05) is 48.5 Å². The van der Waals surface area contributed by atoms with Crippen LogP contribution in [0.25, 0.3) is 10.9 Å². The SMILES string of the molecule is CC(NC(=O)OC(C)(C)C)C(=O)O.COC(=O)C(N)Cc1ccccc1.NC(Cc1c[nH]c2ccccc12)C(=O)O. The molecule has 0 aliphatic rings. The Labute approximate surface area is 239 Å². The average molecular weight is 573 g/mol. The van der Waals surface area contributed by atoms with E-state index >= 15 is 0 Å². The minimum atomic E-state index is -1.09. The summed E-state index contributed by atoms with van der Waals surface area (Å²) in [7, 11) is 1.34. The zero-order valence-corrected chi connectivity index (χ0v) is 23.9. The smallest absolute Gasteiger partial charge is 0.408 e. The summed E-state index contributed by atoms with van der Waals surface area (Å²) < 4.78 is 9.37. The fourth-order valence-corrected chi connectivity index (χ4v) is 3.27. The molecule has 0 saturated heterocycles. The number of nitrogens with one attached hydrogen (secondary N) is 2. The van der Waals surface area contributed by atoms with Crippen LogP contribution in [0.2, 0.25) is 0 Å². The van der Waals surface area contributed by atoms with Gasteiger partial charge in [-0.2, -0.15) is 0 Å². The molecule has 2 aromatic carbocycles. The molecular formula is C29H40N4O8. The first kappa shape index (κ1) is 34.6. The molecule has 8 N–H and O–H groups in total. The van der Waals surface area contributed by atoms with Crippen LogP contribution in [0.15, 0.2) is 60.8 Å². The number of benzene rings is 2. The summed E-state index contributed by atoms with van der Waals surface area (Å²) in [5, 5.41) is 20.4. The van der Waals surface area contributed by atoms with Crippen LogP contribution in [-0.2, 0) is 36.7 Å². The number of aromatic nitrogens is 1. The Bertz CT molecular complexity index is 1270. The standard InChI is InChI=1S/C11H12N2O2.C10H13NO2.C8H15NO4/c12-9(11(14)15)5-7-6-13-10-4-2-1-3-8(7)10;1-13-10(12)9(11)7-8-5-3-2-4-6-8;1-5(6(10)11)9-7(12)13-8(2,3)4/h1-4,6,9,13H,5,12H2,(H,14,15);2-6,9H,7,11H2,1H3;5H,1-4H3,(H,9,12)(H,10,11). The predicted molar refractivity (Wildman–Crippen MR) is 154 cm³/mol. The lowest BCUT2D eigenvalue weighted by molar-refractivity contribution is -0.142. The molecule has 1 aromatic heterocycles. The number of ether oxygens (including phenoxy) is 2. The molecule has 0 fully saturated rings. The minimum Gasteiger partial charge on any atom is -0.480 e. The zero-order valence-electron chi connectivity index (χ0n) is 23.9. The largest absolute Gasteiger partial charge is 0.480 e. The van der Waals surface area contributed by atoms with Crippen LogP contribution in [0.5, 0.6) is 0 Å². The fourth-order valence-electron chi connectivity index (χ4n) is 3.27. The summed E-state index contributed by atoms with van der Waals surface area (Å²) in [6, 6.07) is 15.0. The van der Waals surface area contributed by atoms with Crippen LogP contribution in [0.3, 0.4) is 0 Å². The van der Waals surface area contributed by atoms with Gasteiger partial charge in [0.25, 0.3) is 0 Å². The molecule has 3 aromatic rings. The maximum absolute atomic E-state index is 11.0. The Kier molecular flexibility index (Phi) is 14.0. The Morgan fingerprint density at radius 2 is 1.49 bits per heavy atom. The van der Waals surface area contributed by atoms with E-state index in [1.54, 1.807) is 20.8 Å². The first-order chi connectivity index (χ1) is 19.1. The molecule has 0 radical (unpaired) electrons. The number of carboxylic acid groups (broad SMARTS) is 2. The molecule has 0 aliphatic heterocycles. The Hall–Kier alpha value is -4.42. The summed E-state index contributed by atoms with van der Waals surface area (Å²) in [5.41, 5.74) is 13.5. The van der Waals surface area contributed by atoms with E-state index in [4.69, 9.17) is 26.4 Å². The molecule has 12 heteroatoms. The highest BCUT2D eigenvalue weighted by Gasteiger charge is 2.20. The topological polar surface area (TPSA) is 207 Å². The van der Waals surface area contributed by atoms with Crippen LogP contribution in [0.1, 0.15) is 38.8 Å². The highest BCUT2D eigenvalue weighted by Crippen LogP contribution is 2.18. The van der Waals surface area contributed by atoms with Crippen molar-refractivity contribution >= 4 is 34.9 Å². The molecule has 12 nitrogen and oxygen atoms in total. The van der Waals surface area contributed by atoms with Crippen molar-refractivity contribution in [2.24, 2.45) is 11.5 Å². The minimum absolute atomic E-state index is 0.347. The van der Waals surface area contributed by atoms with E-state index in [0.29, 0.717) is 12.8 Å². The molecule has 1 heterocycles. The van der Waals surface area contributed by atoms with E-state index < -0.39 is 41.8 Å². The third kappa shape index (κ3) is 13.5. The lowest BCUT2D eigenvalue weighted by atomic mass is 10.1. The maximum atomic E-state index is 11.0. The van der Waals surface area contributed by atoms with Crippen molar-refractivity contribution in [3.05, 3.63) is 71.9 Å². The van der Waals surface area contributed by atoms with E-state index in [1.165, 1.54) is 14.0 Å². The van der Waals surface area contributed by atoms with Crippen molar-refractivity contribution < 1.29 is 38.9 Å². The van der Waals surface area contributed by atoms with Gasteiger partial charge in [0, 0.05) is 23.5 Å². The van der Waals surface area contributed by atoms with Gasteiger partial charge in [0.05, 0.1) is 7.11 Å². The van der Waals surface area contributed by atoms with Gasteiger partial charge in [-0.25, -0.2) is 4.79 Å². The number of methoxy groups -OCH3 is 1. The van der Waals surface area contributed by atoms with E-state index in [1.807, 2.05) is 60.8 Å². The molecule has 224 valence electrons. The number of fused-ring (bicyclic) bond motifs is 1. The van der Waals surface area contributed by atoms with Gasteiger partial charge in [0.2, 0.25) is 0 Å². The predicted octanol–water partition coefficient (Wildman–Crippen LogP) is 2.84. The molecule has 3 atom stereocenters. The monoisotopic (exact) mass is 572 g/mol. The molecule has 0 saturated carbocycles. The van der Waals surface area contributed by atoms with Gasteiger partial charge in [-0.15, -0.1) is 0 Å². The Morgan fingerprint density at radius 1 is 0.902 bits per heavy atom. The average Bonchev–Trinajstić information content (AvgIpc) is 3.31. The second-order valence-corrected chi connectivity index (χ2v) is 10.0. The summed E-state index contributed by atoms with van der Waals surface area (Å²) >= 11 is 0. The number of amides is 1. The van der Waals surface area contributed by atoms with Crippen molar-refractivity contribution in [1.82, 2.24) is 10.3 Å². The number of hydrogen-bond acceptors (Lipinski definition) is 8. The normalized spacial score (nSPS) is 12.8. The van der Waals surface area contributed by atoms with Crippen LogP contribution >= 0.6 is 0 Å². The number of aliphatic carboxylic acids is 2. The molecule has 3 unspecified atom stereocenters. The fraction of sp³-hybridized carbons (Fsp3) is 0.379. The van der Waals surface area contributed by atoms with Crippen molar-refractivity contribution in [1.29, 1.82) is 0 Å². The van der Waals surface area contributed by atoms with E-state index in [0.717, 1.165) is 22.0 Å². The molecule has 0 aliphatic carbocycles. The number of para-hydroxylation sites is 1. The maximum Gasteiger partial charge on any atom is 0.408 e. The van der Waals surface area contributed by atoms with Crippen LogP contribution in [0.4, 0.5) is 4.79 Å². The number of H-pyrrole nitrogens is 1. The first-order valence-corrected chi connectivity index (χ1v) is 12.8. The second-order valence-electron chi connectivity index (χ2n) is 10.0. The number of carbonyl (C=O) groups is 4. The number of carbonyl (C=O) groups excluding carboxylic acids is 2. The Balaban J connectivity index is 0.000000309. The number of hydrogen-bond donors (Lipinski definition) is 6. The number of nitrogens with two attached hydrogens (primary N) is 2. The van der Waals surface area contributed by atoms with Crippen molar-refractivity contribution in [3.8, 4) is 0 Å². The van der Waals surface area contributed by atoms with Crippen molar-refractivity contribution in [2.75, 3.05) is 7.11 Å². The molecular weight excluding hydrogens is 532 g/mol. The third-order valence-corrected chi connectivity index (χ3v) is 5.34. The molecule has 0 spiro atoms. The quantitative estimate of drug-likeness (QED) is 0.218. The number of carboxylic acids is 2. The number of esters is 1. The summed E-state index contributed by atoms with van der Waals surface area (Å²) in [5.74, 6) is -2.44. The van der Waals surface area contributed by atoms with Gasteiger partial charge in [-0.3, -0.25) is 14.4 Å². The lowest BCUT2D eigenvalue weighted by Gasteiger charge is -2.20. The molecule has 1 amide bonds. The lowest BCUT2D eigenvalue weighted by Crippen LogP contribution is -2.41. The van der Waals surface area contributed by atoms with Crippen LogP contribution < -0.4 is 16.8 Å². The van der Waals surface area contributed by atoms with E-state index in [9.17, 15) is 19.2 Å². The number of alkyl carbamates (subject to hydrolysis) is 1. The Morgan fingerprint density at radius 3 is 2.02 bits per heavy atom. The summed E-state index contributed by atoms with van der Waals surface area (Å²) in [4.78, 5) is 46.0.